The summed E-state index contributed by atoms with van der Waals surface area (Å²) in [6.07, 6.45) is 1.30. The third kappa shape index (κ3) is 4.71. The molecule has 1 aromatic carbocycles. The van der Waals surface area contributed by atoms with E-state index < -0.39 is 29.9 Å². The highest BCUT2D eigenvalue weighted by Gasteiger charge is 2.53. The molecule has 0 aliphatic carbocycles. The van der Waals surface area contributed by atoms with Crippen LogP contribution < -0.4 is 0 Å². The standard InChI is InChI=1S/C20H25BF2O2/c1-18(2,3)11-10-15-12-14(8-9-16(15)22)13-17(23)21-24-19(4,5)20(6,7)25-21/h8-9,12-13H,1-7H3. The lowest BCUT2D eigenvalue weighted by Crippen LogP contribution is -2.41. The molecule has 1 aromatic rings. The summed E-state index contributed by atoms with van der Waals surface area (Å²) in [6, 6.07) is 4.32. The highest BCUT2D eigenvalue weighted by atomic mass is 19.1. The number of hydrogen-bond donors (Lipinski definition) is 0. The maximum Gasteiger partial charge on any atom is 0.525 e. The van der Waals surface area contributed by atoms with Gasteiger partial charge in [0.1, 0.15) is 11.5 Å². The molecule has 0 N–H and O–H groups in total. The zero-order valence-electron chi connectivity index (χ0n) is 16.0. The molecule has 0 aromatic heterocycles. The summed E-state index contributed by atoms with van der Waals surface area (Å²) >= 11 is 0. The number of hydrogen-bond acceptors (Lipinski definition) is 2. The van der Waals surface area contributed by atoms with E-state index in [1.807, 2.05) is 48.5 Å². The highest BCUT2D eigenvalue weighted by Crippen LogP contribution is 2.39. The molecule has 1 fully saturated rings. The number of benzene rings is 1. The Morgan fingerprint density at radius 3 is 2.20 bits per heavy atom. The van der Waals surface area contributed by atoms with Gasteiger partial charge in [-0.1, -0.05) is 17.9 Å². The van der Waals surface area contributed by atoms with E-state index in [-0.39, 0.29) is 11.0 Å². The van der Waals surface area contributed by atoms with E-state index in [4.69, 9.17) is 9.31 Å². The smallest absolute Gasteiger partial charge is 0.398 e. The van der Waals surface area contributed by atoms with Crippen molar-refractivity contribution in [3.63, 3.8) is 0 Å². The van der Waals surface area contributed by atoms with Crippen molar-refractivity contribution in [3.8, 4) is 11.8 Å². The van der Waals surface area contributed by atoms with Crippen LogP contribution in [0.1, 0.15) is 59.6 Å². The van der Waals surface area contributed by atoms with E-state index >= 15 is 0 Å². The average Bonchev–Trinajstić information content (AvgIpc) is 2.67. The Balaban J connectivity index is 2.28. The second kappa shape index (κ2) is 6.59. The third-order valence-electron chi connectivity index (χ3n) is 4.35. The summed E-state index contributed by atoms with van der Waals surface area (Å²) in [4.78, 5) is 0. The van der Waals surface area contributed by atoms with Gasteiger partial charge in [-0.2, -0.15) is 0 Å². The Bertz CT molecular complexity index is 733. The second-order valence-corrected chi connectivity index (χ2v) is 8.36. The molecule has 0 amide bonds. The van der Waals surface area contributed by atoms with E-state index in [1.54, 1.807) is 0 Å². The summed E-state index contributed by atoms with van der Waals surface area (Å²) in [5, 5.41) is 0. The van der Waals surface area contributed by atoms with Crippen molar-refractivity contribution >= 4 is 13.2 Å². The lowest BCUT2D eigenvalue weighted by Gasteiger charge is -2.32. The molecule has 134 valence electrons. The van der Waals surface area contributed by atoms with Crippen LogP contribution in [0, 0.1) is 23.1 Å². The SMILES string of the molecule is CC(C)(C)C#Cc1cc(C=C(F)B2OC(C)(C)C(C)(C)O2)ccc1F. The minimum Gasteiger partial charge on any atom is -0.398 e. The van der Waals surface area contributed by atoms with Crippen LogP contribution >= 0.6 is 0 Å². The average molecular weight is 346 g/mol. The first-order valence-electron chi connectivity index (χ1n) is 8.36. The van der Waals surface area contributed by atoms with Crippen molar-refractivity contribution in [2.45, 2.75) is 59.7 Å². The largest absolute Gasteiger partial charge is 0.525 e. The van der Waals surface area contributed by atoms with Crippen LogP contribution in [-0.2, 0) is 9.31 Å². The van der Waals surface area contributed by atoms with Gasteiger partial charge in [0.2, 0.25) is 0 Å². The lowest BCUT2D eigenvalue weighted by molar-refractivity contribution is 0.00578. The van der Waals surface area contributed by atoms with E-state index in [0.29, 0.717) is 5.56 Å². The fraction of sp³-hybridized carbons (Fsp3) is 0.500. The van der Waals surface area contributed by atoms with Gasteiger partial charge in [-0.25, -0.2) is 8.78 Å². The Morgan fingerprint density at radius 2 is 1.68 bits per heavy atom. The minimum absolute atomic E-state index is 0.241. The van der Waals surface area contributed by atoms with Gasteiger partial charge in [0, 0.05) is 5.41 Å². The quantitative estimate of drug-likeness (QED) is 0.544. The zero-order chi connectivity index (χ0) is 19.0. The Morgan fingerprint density at radius 1 is 1.12 bits per heavy atom. The van der Waals surface area contributed by atoms with E-state index in [2.05, 4.69) is 11.8 Å². The summed E-state index contributed by atoms with van der Waals surface area (Å²) in [5.74, 6) is 5.38. The highest BCUT2D eigenvalue weighted by molar-refractivity contribution is 6.54. The van der Waals surface area contributed by atoms with Crippen LogP contribution in [0.3, 0.4) is 0 Å². The fourth-order valence-electron chi connectivity index (χ4n) is 2.17. The van der Waals surface area contributed by atoms with Gasteiger partial charge in [-0.15, -0.1) is 0 Å². The van der Waals surface area contributed by atoms with Crippen molar-refractivity contribution in [1.82, 2.24) is 0 Å². The Labute approximate surface area is 149 Å². The van der Waals surface area contributed by atoms with Gasteiger partial charge in [0.05, 0.1) is 16.8 Å². The normalized spacial score (nSPS) is 19.6. The molecule has 0 radical (unpaired) electrons. The van der Waals surface area contributed by atoms with E-state index in [9.17, 15) is 8.78 Å². The molecule has 1 aliphatic rings. The molecule has 0 atom stereocenters. The van der Waals surface area contributed by atoms with Crippen LogP contribution in [0.5, 0.6) is 0 Å². The van der Waals surface area contributed by atoms with Crippen molar-refractivity contribution < 1.29 is 18.1 Å². The van der Waals surface area contributed by atoms with Gasteiger partial charge in [-0.05, 0) is 72.2 Å². The monoisotopic (exact) mass is 346 g/mol. The second-order valence-electron chi connectivity index (χ2n) is 8.36. The molecular weight excluding hydrogens is 321 g/mol. The van der Waals surface area contributed by atoms with Crippen molar-refractivity contribution in [3.05, 3.63) is 40.9 Å². The zero-order valence-corrected chi connectivity index (χ0v) is 16.0. The number of halogens is 2. The number of rotatable bonds is 2. The maximum absolute atomic E-state index is 14.6. The van der Waals surface area contributed by atoms with Gasteiger partial charge in [-0.3, -0.25) is 0 Å². The molecule has 1 heterocycles. The molecule has 25 heavy (non-hydrogen) atoms. The molecule has 0 saturated carbocycles. The van der Waals surface area contributed by atoms with Gasteiger partial charge in [0.25, 0.3) is 0 Å². The minimum atomic E-state index is -1.07. The molecule has 0 unspecified atom stereocenters. The maximum atomic E-state index is 14.6. The predicted octanol–water partition coefficient (Wildman–Crippen LogP) is 5.17. The molecule has 2 nitrogen and oxygen atoms in total. The van der Waals surface area contributed by atoms with Crippen molar-refractivity contribution in [2.75, 3.05) is 0 Å². The molecule has 1 saturated heterocycles. The molecule has 5 heteroatoms. The van der Waals surface area contributed by atoms with Crippen LogP contribution in [0.2, 0.25) is 0 Å². The predicted molar refractivity (Wildman–Crippen MR) is 97.9 cm³/mol. The topological polar surface area (TPSA) is 18.5 Å². The fourth-order valence-corrected chi connectivity index (χ4v) is 2.17. The van der Waals surface area contributed by atoms with Crippen LogP contribution in [0.4, 0.5) is 8.78 Å². The third-order valence-corrected chi connectivity index (χ3v) is 4.35. The first kappa shape index (κ1) is 19.7. The summed E-state index contributed by atoms with van der Waals surface area (Å²) in [7, 11) is -1.07. The van der Waals surface area contributed by atoms with E-state index in [0.717, 1.165) is 0 Å². The molecule has 2 rings (SSSR count). The molecular formula is C20H25BF2O2. The molecule has 0 bridgehead atoms. The van der Waals surface area contributed by atoms with E-state index in [1.165, 1.54) is 24.3 Å². The van der Waals surface area contributed by atoms with Gasteiger partial charge >= 0.3 is 7.12 Å². The van der Waals surface area contributed by atoms with Gasteiger partial charge in [0.15, 0.2) is 0 Å². The first-order valence-corrected chi connectivity index (χ1v) is 8.36. The summed E-state index contributed by atoms with van der Waals surface area (Å²) in [5.41, 5.74) is -1.28. The molecule has 0 spiro atoms. The first-order chi connectivity index (χ1) is 11.3. The van der Waals surface area contributed by atoms with Gasteiger partial charge < -0.3 is 9.31 Å². The summed E-state index contributed by atoms with van der Waals surface area (Å²) in [6.45, 7) is 13.3. The lowest BCUT2D eigenvalue weighted by atomic mass is 9.86. The van der Waals surface area contributed by atoms with Crippen molar-refractivity contribution in [2.24, 2.45) is 5.41 Å². The molecule has 1 aliphatic heterocycles. The summed E-state index contributed by atoms with van der Waals surface area (Å²) < 4.78 is 39.8. The Kier molecular flexibility index (Phi) is 5.19. The van der Waals surface area contributed by atoms with Crippen LogP contribution in [0.15, 0.2) is 23.9 Å². The Hall–Kier alpha value is -1.64. The van der Waals surface area contributed by atoms with Crippen LogP contribution in [-0.4, -0.2) is 18.3 Å². The van der Waals surface area contributed by atoms with Crippen LogP contribution in [0.25, 0.3) is 6.08 Å². The van der Waals surface area contributed by atoms with Crippen molar-refractivity contribution in [1.29, 1.82) is 0 Å².